The van der Waals surface area contributed by atoms with Gasteiger partial charge in [0, 0.05) is 45.7 Å². The number of carbonyl (C=O) groups is 1. The van der Waals surface area contributed by atoms with Crippen LogP contribution in [0.15, 0.2) is 18.3 Å². The molecule has 1 amide bonds. The number of anilines is 1. The Morgan fingerprint density at radius 1 is 1.38 bits per heavy atom. The lowest BCUT2D eigenvalue weighted by molar-refractivity contribution is -0.132. The number of pyridine rings is 1. The van der Waals surface area contributed by atoms with Gasteiger partial charge in [0.2, 0.25) is 5.91 Å². The van der Waals surface area contributed by atoms with E-state index in [-0.39, 0.29) is 0 Å². The fraction of sp³-hybridized carbons (Fsp3) is 0.647. The van der Waals surface area contributed by atoms with E-state index in [1.807, 2.05) is 25.2 Å². The fourth-order valence-electron chi connectivity index (χ4n) is 3.11. The summed E-state index contributed by atoms with van der Waals surface area (Å²) < 4.78 is 0. The summed E-state index contributed by atoms with van der Waals surface area (Å²) in [7, 11) is 4.02. The standard InChI is InChI=1S/C17H25N3O/c1-19(2)16-11-14(7-8-18-16)15-4-3-9-20(12-15)17(21)10-13-5-6-13/h7-8,11,13,15H,3-6,9-10,12H2,1-2H3. The second-order valence-corrected chi connectivity index (χ2v) is 6.67. The zero-order valence-electron chi connectivity index (χ0n) is 13.1. The minimum Gasteiger partial charge on any atom is -0.363 e. The Balaban J connectivity index is 1.67. The van der Waals surface area contributed by atoms with Crippen molar-refractivity contribution in [2.24, 2.45) is 5.92 Å². The number of amides is 1. The Labute approximate surface area is 127 Å². The van der Waals surface area contributed by atoms with Crippen molar-refractivity contribution in [2.75, 3.05) is 32.1 Å². The highest BCUT2D eigenvalue weighted by molar-refractivity contribution is 5.77. The van der Waals surface area contributed by atoms with E-state index in [9.17, 15) is 4.79 Å². The van der Waals surface area contributed by atoms with Gasteiger partial charge in [0.05, 0.1) is 0 Å². The molecule has 1 atom stereocenters. The lowest BCUT2D eigenvalue weighted by Crippen LogP contribution is -2.39. The van der Waals surface area contributed by atoms with Gasteiger partial charge in [-0.15, -0.1) is 0 Å². The Morgan fingerprint density at radius 3 is 2.90 bits per heavy atom. The van der Waals surface area contributed by atoms with Gasteiger partial charge in [-0.05, 0) is 49.3 Å². The minimum absolute atomic E-state index is 0.365. The van der Waals surface area contributed by atoms with Crippen molar-refractivity contribution in [1.82, 2.24) is 9.88 Å². The number of rotatable bonds is 4. The van der Waals surface area contributed by atoms with Crippen LogP contribution in [0.5, 0.6) is 0 Å². The zero-order valence-corrected chi connectivity index (χ0v) is 13.1. The van der Waals surface area contributed by atoms with Crippen LogP contribution in [-0.2, 0) is 4.79 Å². The molecule has 0 aromatic carbocycles. The summed E-state index contributed by atoms with van der Waals surface area (Å²) in [5.74, 6) is 2.50. The van der Waals surface area contributed by atoms with Crippen molar-refractivity contribution in [3.05, 3.63) is 23.9 Å². The highest BCUT2D eigenvalue weighted by Crippen LogP contribution is 2.34. The largest absolute Gasteiger partial charge is 0.363 e. The SMILES string of the molecule is CN(C)c1cc(C2CCCN(C(=O)CC3CC3)C2)ccn1. The van der Waals surface area contributed by atoms with Crippen LogP contribution in [0.25, 0.3) is 0 Å². The molecule has 21 heavy (non-hydrogen) atoms. The Kier molecular flexibility index (Phi) is 4.13. The van der Waals surface area contributed by atoms with Gasteiger partial charge in [-0.2, -0.15) is 0 Å². The molecular weight excluding hydrogens is 262 g/mol. The van der Waals surface area contributed by atoms with E-state index in [1.54, 1.807) is 0 Å². The van der Waals surface area contributed by atoms with E-state index < -0.39 is 0 Å². The van der Waals surface area contributed by atoms with E-state index in [1.165, 1.54) is 24.8 Å². The van der Waals surface area contributed by atoms with Gasteiger partial charge in [-0.25, -0.2) is 4.98 Å². The molecule has 114 valence electrons. The third-order valence-corrected chi connectivity index (χ3v) is 4.63. The van der Waals surface area contributed by atoms with Gasteiger partial charge in [0.25, 0.3) is 0 Å². The summed E-state index contributed by atoms with van der Waals surface area (Å²) in [4.78, 5) is 20.8. The molecule has 1 unspecified atom stereocenters. The monoisotopic (exact) mass is 287 g/mol. The first-order chi connectivity index (χ1) is 10.1. The summed E-state index contributed by atoms with van der Waals surface area (Å²) in [6.07, 6.45) is 7.44. The lowest BCUT2D eigenvalue weighted by atomic mass is 9.91. The summed E-state index contributed by atoms with van der Waals surface area (Å²) in [5.41, 5.74) is 1.32. The lowest BCUT2D eigenvalue weighted by Gasteiger charge is -2.33. The molecule has 2 heterocycles. The molecule has 0 bridgehead atoms. The second kappa shape index (κ2) is 6.04. The van der Waals surface area contributed by atoms with Crippen LogP contribution in [0.3, 0.4) is 0 Å². The zero-order chi connectivity index (χ0) is 14.8. The average Bonchev–Trinajstić information content (AvgIpc) is 3.31. The van der Waals surface area contributed by atoms with Crippen LogP contribution < -0.4 is 4.90 Å². The van der Waals surface area contributed by atoms with Crippen LogP contribution in [0.4, 0.5) is 5.82 Å². The van der Waals surface area contributed by atoms with Gasteiger partial charge >= 0.3 is 0 Å². The van der Waals surface area contributed by atoms with Crippen LogP contribution in [-0.4, -0.2) is 43.0 Å². The molecule has 3 rings (SSSR count). The van der Waals surface area contributed by atoms with E-state index in [0.29, 0.717) is 17.7 Å². The molecule has 2 fully saturated rings. The molecule has 4 nitrogen and oxygen atoms in total. The summed E-state index contributed by atoms with van der Waals surface area (Å²) >= 11 is 0. The smallest absolute Gasteiger partial charge is 0.222 e. The van der Waals surface area contributed by atoms with Crippen LogP contribution >= 0.6 is 0 Å². The van der Waals surface area contributed by atoms with Crippen molar-refractivity contribution >= 4 is 11.7 Å². The highest BCUT2D eigenvalue weighted by Gasteiger charge is 2.30. The normalized spacial score (nSPS) is 22.2. The van der Waals surface area contributed by atoms with E-state index in [2.05, 4.69) is 22.0 Å². The van der Waals surface area contributed by atoms with Crippen molar-refractivity contribution in [1.29, 1.82) is 0 Å². The number of hydrogen-bond acceptors (Lipinski definition) is 3. The molecule has 0 spiro atoms. The first-order valence-corrected chi connectivity index (χ1v) is 8.04. The maximum atomic E-state index is 12.3. The van der Waals surface area contributed by atoms with Crippen molar-refractivity contribution in [3.63, 3.8) is 0 Å². The van der Waals surface area contributed by atoms with Crippen LogP contribution in [0, 0.1) is 5.92 Å². The Bertz CT molecular complexity index is 511. The third-order valence-electron chi connectivity index (χ3n) is 4.63. The Morgan fingerprint density at radius 2 is 2.19 bits per heavy atom. The topological polar surface area (TPSA) is 36.4 Å². The quantitative estimate of drug-likeness (QED) is 0.854. The molecule has 4 heteroatoms. The molecular formula is C17H25N3O. The molecule has 1 saturated carbocycles. The summed E-state index contributed by atoms with van der Waals surface area (Å²) in [6, 6.07) is 4.27. The number of hydrogen-bond donors (Lipinski definition) is 0. The van der Waals surface area contributed by atoms with E-state index >= 15 is 0 Å². The maximum Gasteiger partial charge on any atom is 0.222 e. The van der Waals surface area contributed by atoms with Gasteiger partial charge in [-0.3, -0.25) is 4.79 Å². The minimum atomic E-state index is 0.365. The molecule has 1 aromatic heterocycles. The number of nitrogens with zero attached hydrogens (tertiary/aromatic N) is 3. The summed E-state index contributed by atoms with van der Waals surface area (Å²) in [5, 5.41) is 0. The number of piperidine rings is 1. The number of likely N-dealkylation sites (tertiary alicyclic amines) is 1. The molecule has 2 aliphatic rings. The fourth-order valence-corrected chi connectivity index (χ4v) is 3.11. The predicted octanol–water partition coefficient (Wildman–Crippen LogP) is 2.65. The highest BCUT2D eigenvalue weighted by atomic mass is 16.2. The van der Waals surface area contributed by atoms with Gasteiger partial charge in [0.1, 0.15) is 5.82 Å². The molecule has 0 radical (unpaired) electrons. The van der Waals surface area contributed by atoms with E-state index in [0.717, 1.165) is 31.7 Å². The van der Waals surface area contributed by atoms with Crippen LogP contribution in [0.1, 0.15) is 43.6 Å². The summed E-state index contributed by atoms with van der Waals surface area (Å²) in [6.45, 7) is 1.82. The van der Waals surface area contributed by atoms with Gasteiger partial charge in [-0.1, -0.05) is 0 Å². The number of carbonyl (C=O) groups excluding carboxylic acids is 1. The molecule has 1 aromatic rings. The second-order valence-electron chi connectivity index (χ2n) is 6.67. The average molecular weight is 287 g/mol. The number of aromatic nitrogens is 1. The molecule has 1 saturated heterocycles. The van der Waals surface area contributed by atoms with Crippen molar-refractivity contribution in [2.45, 2.75) is 38.0 Å². The molecule has 0 N–H and O–H groups in total. The third kappa shape index (κ3) is 3.55. The van der Waals surface area contributed by atoms with Crippen molar-refractivity contribution < 1.29 is 4.79 Å². The van der Waals surface area contributed by atoms with Gasteiger partial charge < -0.3 is 9.80 Å². The van der Waals surface area contributed by atoms with Crippen LogP contribution in [0.2, 0.25) is 0 Å². The first-order valence-electron chi connectivity index (χ1n) is 8.04. The van der Waals surface area contributed by atoms with Gasteiger partial charge in [0.15, 0.2) is 0 Å². The van der Waals surface area contributed by atoms with Crippen molar-refractivity contribution in [3.8, 4) is 0 Å². The Hall–Kier alpha value is -1.58. The first kappa shape index (κ1) is 14.4. The van der Waals surface area contributed by atoms with E-state index in [4.69, 9.17) is 0 Å². The predicted molar refractivity (Wildman–Crippen MR) is 84.5 cm³/mol. The molecule has 1 aliphatic heterocycles. The maximum absolute atomic E-state index is 12.3. The molecule has 1 aliphatic carbocycles.